The van der Waals surface area contributed by atoms with Crippen LogP contribution in [0, 0.1) is 23.2 Å². The van der Waals surface area contributed by atoms with E-state index < -0.39 is 0 Å². The fraction of sp³-hybridized carbons (Fsp3) is 1.00. The molecular weight excluding hydrogens is 182 g/mol. The molecule has 0 aromatic rings. The third kappa shape index (κ3) is 3.21. The average molecular weight is 209 g/mol. The van der Waals surface area contributed by atoms with Gasteiger partial charge in [0, 0.05) is 6.04 Å². The first-order valence-corrected chi connectivity index (χ1v) is 6.70. The van der Waals surface area contributed by atoms with Gasteiger partial charge in [0.25, 0.3) is 0 Å². The summed E-state index contributed by atoms with van der Waals surface area (Å²) in [5.41, 5.74) is 0.560. The van der Waals surface area contributed by atoms with Crippen LogP contribution in [-0.2, 0) is 0 Å². The lowest BCUT2D eigenvalue weighted by Crippen LogP contribution is -2.41. The summed E-state index contributed by atoms with van der Waals surface area (Å²) in [7, 11) is 0. The second kappa shape index (κ2) is 4.08. The van der Waals surface area contributed by atoms with Gasteiger partial charge >= 0.3 is 0 Å². The zero-order valence-electron chi connectivity index (χ0n) is 10.8. The Kier molecular flexibility index (Phi) is 3.12. The molecule has 2 saturated carbocycles. The average Bonchev–Trinajstić information content (AvgIpc) is 2.75. The van der Waals surface area contributed by atoms with Crippen LogP contribution in [0.15, 0.2) is 0 Å². The summed E-state index contributed by atoms with van der Waals surface area (Å²) in [6.07, 6.45) is 5.63. The molecule has 2 rings (SSSR count). The Morgan fingerprint density at radius 2 is 1.80 bits per heavy atom. The van der Waals surface area contributed by atoms with Crippen molar-refractivity contribution in [1.29, 1.82) is 0 Å². The Labute approximate surface area is 95.0 Å². The lowest BCUT2D eigenvalue weighted by atomic mass is 9.70. The first-order chi connectivity index (χ1) is 6.96. The van der Waals surface area contributed by atoms with E-state index in [0.29, 0.717) is 5.41 Å². The molecule has 4 atom stereocenters. The maximum absolute atomic E-state index is 3.80. The highest BCUT2D eigenvalue weighted by Gasteiger charge is 2.35. The highest BCUT2D eigenvalue weighted by Crippen LogP contribution is 2.40. The maximum Gasteiger partial charge on any atom is 0.00748 e. The molecule has 0 spiro atoms. The van der Waals surface area contributed by atoms with Gasteiger partial charge in [0.1, 0.15) is 0 Å². The molecule has 0 radical (unpaired) electrons. The summed E-state index contributed by atoms with van der Waals surface area (Å²) < 4.78 is 0. The molecule has 4 unspecified atom stereocenters. The van der Waals surface area contributed by atoms with E-state index in [1.165, 1.54) is 32.2 Å². The molecule has 0 aromatic heterocycles. The Balaban J connectivity index is 1.76. The van der Waals surface area contributed by atoms with Gasteiger partial charge in [0.2, 0.25) is 0 Å². The SMILES string of the molecule is CC1CC(NCC2CC2C)CC(C)(C)C1. The molecule has 0 bridgehead atoms. The Morgan fingerprint density at radius 3 is 2.33 bits per heavy atom. The predicted octanol–water partition coefficient (Wildman–Crippen LogP) is 3.45. The Morgan fingerprint density at radius 1 is 1.13 bits per heavy atom. The lowest BCUT2D eigenvalue weighted by molar-refractivity contribution is 0.151. The number of hydrogen-bond acceptors (Lipinski definition) is 1. The van der Waals surface area contributed by atoms with Gasteiger partial charge in [-0.3, -0.25) is 0 Å². The minimum Gasteiger partial charge on any atom is -0.314 e. The summed E-state index contributed by atoms with van der Waals surface area (Å²) in [4.78, 5) is 0. The second-order valence-corrected chi connectivity index (χ2v) is 6.99. The van der Waals surface area contributed by atoms with Crippen molar-refractivity contribution in [2.24, 2.45) is 23.2 Å². The second-order valence-electron chi connectivity index (χ2n) is 6.99. The van der Waals surface area contributed by atoms with Crippen molar-refractivity contribution in [3.05, 3.63) is 0 Å². The van der Waals surface area contributed by atoms with E-state index in [-0.39, 0.29) is 0 Å². The van der Waals surface area contributed by atoms with E-state index in [9.17, 15) is 0 Å². The largest absolute Gasteiger partial charge is 0.314 e. The predicted molar refractivity (Wildman–Crippen MR) is 65.9 cm³/mol. The van der Waals surface area contributed by atoms with Crippen molar-refractivity contribution < 1.29 is 0 Å². The van der Waals surface area contributed by atoms with Crippen molar-refractivity contribution in [1.82, 2.24) is 5.32 Å². The molecule has 1 nitrogen and oxygen atoms in total. The van der Waals surface area contributed by atoms with Crippen LogP contribution in [0.2, 0.25) is 0 Å². The van der Waals surface area contributed by atoms with Gasteiger partial charge in [-0.15, -0.1) is 0 Å². The van der Waals surface area contributed by atoms with Crippen LogP contribution in [0.4, 0.5) is 0 Å². The molecule has 0 saturated heterocycles. The first-order valence-electron chi connectivity index (χ1n) is 6.70. The van der Waals surface area contributed by atoms with Crippen LogP contribution >= 0.6 is 0 Å². The topological polar surface area (TPSA) is 12.0 Å². The summed E-state index contributed by atoms with van der Waals surface area (Å²) in [6.45, 7) is 10.9. The van der Waals surface area contributed by atoms with Crippen molar-refractivity contribution >= 4 is 0 Å². The monoisotopic (exact) mass is 209 g/mol. The zero-order chi connectivity index (χ0) is 11.1. The van der Waals surface area contributed by atoms with Gasteiger partial charge < -0.3 is 5.32 Å². The van der Waals surface area contributed by atoms with Gasteiger partial charge in [-0.1, -0.05) is 27.7 Å². The molecule has 2 aliphatic rings. The van der Waals surface area contributed by atoms with Crippen molar-refractivity contribution in [2.75, 3.05) is 6.54 Å². The molecule has 0 amide bonds. The number of rotatable bonds is 3. The summed E-state index contributed by atoms with van der Waals surface area (Å²) >= 11 is 0. The summed E-state index contributed by atoms with van der Waals surface area (Å²) in [5.74, 6) is 2.89. The van der Waals surface area contributed by atoms with Gasteiger partial charge in [-0.05, 0) is 55.4 Å². The van der Waals surface area contributed by atoms with E-state index in [2.05, 4.69) is 33.0 Å². The van der Waals surface area contributed by atoms with Crippen LogP contribution in [0.25, 0.3) is 0 Å². The minimum absolute atomic E-state index is 0.560. The maximum atomic E-state index is 3.80. The molecular formula is C14H27N. The highest BCUT2D eigenvalue weighted by atomic mass is 14.9. The fourth-order valence-corrected chi connectivity index (χ4v) is 3.50. The van der Waals surface area contributed by atoms with Gasteiger partial charge in [-0.25, -0.2) is 0 Å². The van der Waals surface area contributed by atoms with Crippen LogP contribution in [-0.4, -0.2) is 12.6 Å². The minimum atomic E-state index is 0.560. The molecule has 2 fully saturated rings. The zero-order valence-corrected chi connectivity index (χ0v) is 10.8. The molecule has 0 aliphatic heterocycles. The molecule has 15 heavy (non-hydrogen) atoms. The standard InChI is InChI=1S/C14H27N/c1-10-5-13(8-14(3,4)7-10)15-9-12-6-11(12)2/h10-13,15H,5-9H2,1-4H3. The number of nitrogens with one attached hydrogen (secondary N) is 1. The van der Waals surface area contributed by atoms with Gasteiger partial charge in [0.05, 0.1) is 0 Å². The van der Waals surface area contributed by atoms with Crippen molar-refractivity contribution in [3.8, 4) is 0 Å². The Bertz CT molecular complexity index is 221. The summed E-state index contributed by atoms with van der Waals surface area (Å²) in [5, 5.41) is 3.80. The molecule has 88 valence electrons. The third-order valence-electron chi connectivity index (χ3n) is 4.33. The van der Waals surface area contributed by atoms with Gasteiger partial charge in [0.15, 0.2) is 0 Å². The molecule has 2 aliphatic carbocycles. The highest BCUT2D eigenvalue weighted by molar-refractivity contribution is 4.89. The van der Waals surface area contributed by atoms with E-state index in [4.69, 9.17) is 0 Å². The van der Waals surface area contributed by atoms with Crippen LogP contribution in [0.3, 0.4) is 0 Å². The Hall–Kier alpha value is -0.0400. The van der Waals surface area contributed by atoms with Crippen LogP contribution in [0.1, 0.15) is 53.4 Å². The van der Waals surface area contributed by atoms with Crippen molar-refractivity contribution in [3.63, 3.8) is 0 Å². The van der Waals surface area contributed by atoms with Gasteiger partial charge in [-0.2, -0.15) is 0 Å². The molecule has 0 heterocycles. The van der Waals surface area contributed by atoms with E-state index in [1.807, 2.05) is 0 Å². The third-order valence-corrected chi connectivity index (χ3v) is 4.33. The lowest BCUT2D eigenvalue weighted by Gasteiger charge is -2.39. The van der Waals surface area contributed by atoms with Crippen molar-refractivity contribution in [2.45, 2.75) is 59.4 Å². The normalized spacial score (nSPS) is 44.0. The van der Waals surface area contributed by atoms with E-state index in [1.54, 1.807) is 0 Å². The van der Waals surface area contributed by atoms with Crippen LogP contribution < -0.4 is 5.32 Å². The molecule has 1 N–H and O–H groups in total. The molecule has 1 heteroatoms. The quantitative estimate of drug-likeness (QED) is 0.750. The fourth-order valence-electron chi connectivity index (χ4n) is 3.50. The van der Waals surface area contributed by atoms with E-state index >= 15 is 0 Å². The smallest absolute Gasteiger partial charge is 0.00748 e. The van der Waals surface area contributed by atoms with Crippen LogP contribution in [0.5, 0.6) is 0 Å². The molecule has 0 aromatic carbocycles. The first kappa shape index (κ1) is 11.4. The summed E-state index contributed by atoms with van der Waals surface area (Å²) in [6, 6.07) is 0.788. The number of hydrogen-bond donors (Lipinski definition) is 1. The van der Waals surface area contributed by atoms with E-state index in [0.717, 1.165) is 23.8 Å².